The SMILES string of the molecule is CC.CC(=O)OOC(C)=O.O=CCCc1c[n+](O)cc2ccccc12. The maximum Gasteiger partial charge on any atom is 0.352 e. The molecule has 0 spiro atoms. The zero-order chi connectivity index (χ0) is 19.2. The minimum Gasteiger partial charge on any atom is -0.303 e. The van der Waals surface area contributed by atoms with Gasteiger partial charge in [-0.05, 0) is 17.9 Å². The number of aryl methyl sites for hydroxylation is 1. The van der Waals surface area contributed by atoms with Gasteiger partial charge in [-0.15, -0.1) is 0 Å². The summed E-state index contributed by atoms with van der Waals surface area (Å²) in [5, 5.41) is 11.5. The van der Waals surface area contributed by atoms with E-state index < -0.39 is 11.9 Å². The van der Waals surface area contributed by atoms with Crippen molar-refractivity contribution in [1.82, 2.24) is 0 Å². The fraction of sp³-hybridized carbons (Fsp3) is 0.333. The van der Waals surface area contributed by atoms with Crippen LogP contribution in [0.3, 0.4) is 0 Å². The minimum atomic E-state index is -0.639. The molecule has 0 unspecified atom stereocenters. The quantitative estimate of drug-likeness (QED) is 0.301. The number of aromatic nitrogens is 1. The van der Waals surface area contributed by atoms with Crippen molar-refractivity contribution < 1.29 is 34.1 Å². The van der Waals surface area contributed by atoms with Crippen molar-refractivity contribution in [3.8, 4) is 0 Å². The van der Waals surface area contributed by atoms with Gasteiger partial charge in [0.2, 0.25) is 12.4 Å². The molecule has 0 amide bonds. The van der Waals surface area contributed by atoms with Crippen LogP contribution in [-0.2, 0) is 30.6 Å². The number of aldehydes is 1. The molecule has 0 radical (unpaired) electrons. The number of nitrogens with zero attached hydrogens (tertiary/aromatic N) is 1. The highest BCUT2D eigenvalue weighted by Gasteiger charge is 2.08. The molecular weight excluding hydrogens is 326 g/mol. The zero-order valence-electron chi connectivity index (χ0n) is 14.9. The van der Waals surface area contributed by atoms with Gasteiger partial charge < -0.3 is 4.79 Å². The Labute approximate surface area is 146 Å². The normalized spacial score (nSPS) is 8.96. The first-order valence-electron chi connectivity index (χ1n) is 7.85. The number of fused-ring (bicyclic) bond motifs is 1. The molecule has 136 valence electrons. The molecule has 0 aliphatic rings. The van der Waals surface area contributed by atoms with E-state index in [9.17, 15) is 19.6 Å². The number of carbonyl (C=O) groups is 3. The Morgan fingerprint density at radius 2 is 1.64 bits per heavy atom. The zero-order valence-corrected chi connectivity index (χ0v) is 14.9. The molecule has 0 bridgehead atoms. The number of hydrogen-bond donors (Lipinski definition) is 1. The van der Waals surface area contributed by atoms with Crippen molar-refractivity contribution in [1.29, 1.82) is 0 Å². The second-order valence-electron chi connectivity index (χ2n) is 4.61. The molecule has 0 aliphatic heterocycles. The molecule has 1 heterocycles. The van der Waals surface area contributed by atoms with E-state index in [0.29, 0.717) is 12.8 Å². The van der Waals surface area contributed by atoms with Crippen molar-refractivity contribution in [2.75, 3.05) is 0 Å². The maximum absolute atomic E-state index is 10.3. The standard InChI is InChI=1S/C12H12NO2.C4H6O4.C2H6/c14-7-3-5-11-9-13(15)8-10-4-1-2-6-12(10)11;1-3(5)7-8-4(2)6;1-2/h1-2,4,6-9,15H,3,5H2;1-2H3;1-2H3/q+1;;. The summed E-state index contributed by atoms with van der Waals surface area (Å²) in [7, 11) is 0. The number of hydrogen-bond acceptors (Lipinski definition) is 6. The summed E-state index contributed by atoms with van der Waals surface area (Å²) in [4.78, 5) is 37.7. The molecule has 0 saturated carbocycles. The number of rotatable bonds is 3. The van der Waals surface area contributed by atoms with Crippen molar-refractivity contribution >= 4 is 29.0 Å². The van der Waals surface area contributed by atoms with Crippen molar-refractivity contribution in [2.24, 2.45) is 0 Å². The predicted octanol–water partition coefficient (Wildman–Crippen LogP) is 2.55. The van der Waals surface area contributed by atoms with Gasteiger partial charge >= 0.3 is 11.9 Å². The van der Waals surface area contributed by atoms with Gasteiger partial charge in [-0.3, -0.25) is 5.21 Å². The van der Waals surface area contributed by atoms with E-state index in [0.717, 1.165) is 41.2 Å². The fourth-order valence-electron chi connectivity index (χ4n) is 1.84. The lowest BCUT2D eigenvalue weighted by Crippen LogP contribution is -2.29. The second-order valence-corrected chi connectivity index (χ2v) is 4.61. The summed E-state index contributed by atoms with van der Waals surface area (Å²) in [5.74, 6) is -1.28. The Morgan fingerprint density at radius 3 is 2.16 bits per heavy atom. The summed E-state index contributed by atoms with van der Waals surface area (Å²) in [5.41, 5.74) is 0.989. The van der Waals surface area contributed by atoms with Crippen LogP contribution < -0.4 is 4.73 Å². The van der Waals surface area contributed by atoms with Crippen LogP contribution >= 0.6 is 0 Å². The lowest BCUT2D eigenvalue weighted by atomic mass is 10.0. The van der Waals surface area contributed by atoms with E-state index in [-0.39, 0.29) is 0 Å². The van der Waals surface area contributed by atoms with Crippen LogP contribution in [0.15, 0.2) is 36.7 Å². The Kier molecular flexibility index (Phi) is 11.0. The van der Waals surface area contributed by atoms with Gasteiger partial charge in [-0.25, -0.2) is 19.4 Å². The second kappa shape index (κ2) is 12.5. The molecule has 25 heavy (non-hydrogen) atoms. The lowest BCUT2D eigenvalue weighted by Gasteiger charge is -2.00. The molecule has 1 aromatic carbocycles. The summed E-state index contributed by atoms with van der Waals surface area (Å²) >= 11 is 0. The first kappa shape index (κ1) is 22.0. The molecule has 2 aromatic rings. The number of pyridine rings is 1. The van der Waals surface area contributed by atoms with Gasteiger partial charge in [0.25, 0.3) is 0 Å². The third-order valence-electron chi connectivity index (χ3n) is 2.67. The fourth-order valence-corrected chi connectivity index (χ4v) is 1.84. The molecule has 2 rings (SSSR count). The number of benzene rings is 1. The van der Waals surface area contributed by atoms with Crippen LogP contribution in [0.25, 0.3) is 10.8 Å². The first-order chi connectivity index (χ1) is 11.9. The van der Waals surface area contributed by atoms with Gasteiger partial charge in [-0.2, -0.15) is 0 Å². The third kappa shape index (κ3) is 9.04. The van der Waals surface area contributed by atoms with Crippen LogP contribution in [0, 0.1) is 0 Å². The number of carbonyl (C=O) groups excluding carboxylic acids is 3. The molecule has 0 atom stereocenters. The molecule has 7 heteroatoms. The van der Waals surface area contributed by atoms with E-state index in [1.807, 2.05) is 38.1 Å². The van der Waals surface area contributed by atoms with Gasteiger partial charge in [0.15, 0.2) is 0 Å². The van der Waals surface area contributed by atoms with Crippen LogP contribution in [-0.4, -0.2) is 23.4 Å². The predicted molar refractivity (Wildman–Crippen MR) is 90.6 cm³/mol. The minimum absolute atomic E-state index is 0.480. The van der Waals surface area contributed by atoms with Crippen molar-refractivity contribution in [2.45, 2.75) is 40.5 Å². The highest BCUT2D eigenvalue weighted by molar-refractivity contribution is 5.84. The summed E-state index contributed by atoms with van der Waals surface area (Å²) in [6.07, 6.45) is 5.33. The Balaban J connectivity index is 0.000000493. The van der Waals surface area contributed by atoms with Gasteiger partial charge in [0.05, 0.1) is 5.39 Å². The lowest BCUT2D eigenvalue weighted by molar-refractivity contribution is -0.904. The van der Waals surface area contributed by atoms with E-state index in [2.05, 4.69) is 9.78 Å². The summed E-state index contributed by atoms with van der Waals surface area (Å²) in [6.45, 7) is 6.28. The van der Waals surface area contributed by atoms with E-state index in [1.165, 1.54) is 0 Å². The smallest absolute Gasteiger partial charge is 0.303 e. The average molecular weight is 350 g/mol. The van der Waals surface area contributed by atoms with Gasteiger partial charge in [0, 0.05) is 30.6 Å². The van der Waals surface area contributed by atoms with Crippen LogP contribution in [0.2, 0.25) is 0 Å². The van der Waals surface area contributed by atoms with Crippen molar-refractivity contribution in [3.63, 3.8) is 0 Å². The third-order valence-corrected chi connectivity index (χ3v) is 2.67. The molecule has 1 N–H and O–H groups in total. The van der Waals surface area contributed by atoms with Crippen LogP contribution in [0.5, 0.6) is 0 Å². The molecule has 0 aliphatic carbocycles. The summed E-state index contributed by atoms with van der Waals surface area (Å²) < 4.78 is 1.04. The van der Waals surface area contributed by atoms with E-state index >= 15 is 0 Å². The van der Waals surface area contributed by atoms with E-state index in [1.54, 1.807) is 12.4 Å². The Bertz CT molecular complexity index is 685. The van der Waals surface area contributed by atoms with E-state index in [4.69, 9.17) is 0 Å². The molecule has 0 saturated heterocycles. The monoisotopic (exact) mass is 350 g/mol. The average Bonchev–Trinajstić information content (AvgIpc) is 2.60. The molecule has 0 fully saturated rings. The van der Waals surface area contributed by atoms with Crippen LogP contribution in [0.1, 0.15) is 39.7 Å². The largest absolute Gasteiger partial charge is 0.352 e. The molecule has 7 nitrogen and oxygen atoms in total. The van der Waals surface area contributed by atoms with Gasteiger partial charge in [-0.1, -0.05) is 32.0 Å². The van der Waals surface area contributed by atoms with Crippen molar-refractivity contribution in [3.05, 3.63) is 42.2 Å². The first-order valence-corrected chi connectivity index (χ1v) is 7.85. The molecule has 1 aromatic heterocycles. The highest BCUT2D eigenvalue weighted by Crippen LogP contribution is 2.16. The topological polar surface area (TPSA) is 93.8 Å². The van der Waals surface area contributed by atoms with Gasteiger partial charge in [0.1, 0.15) is 6.29 Å². The maximum atomic E-state index is 10.3. The Hall–Kier alpha value is -2.96. The summed E-state index contributed by atoms with van der Waals surface area (Å²) in [6, 6.07) is 7.81. The molecular formula is C18H24NO6+. The van der Waals surface area contributed by atoms with Crippen LogP contribution in [0.4, 0.5) is 0 Å². The highest BCUT2D eigenvalue weighted by atomic mass is 17.2. The Morgan fingerprint density at radius 1 is 1.08 bits per heavy atom.